The van der Waals surface area contributed by atoms with Crippen LogP contribution in [-0.2, 0) is 5.66 Å². The van der Waals surface area contributed by atoms with Crippen LogP contribution in [0.3, 0.4) is 0 Å². The van der Waals surface area contributed by atoms with Gasteiger partial charge in [-0.25, -0.2) is 0 Å². The fourth-order valence-electron chi connectivity index (χ4n) is 1.88. The van der Waals surface area contributed by atoms with E-state index in [1.807, 2.05) is 38.1 Å². The van der Waals surface area contributed by atoms with Crippen molar-refractivity contribution in [3.8, 4) is 0 Å². The summed E-state index contributed by atoms with van der Waals surface area (Å²) in [5.74, 6) is 0. The highest BCUT2D eigenvalue weighted by molar-refractivity contribution is 7.81. The number of benzene rings is 1. The zero-order valence-electron chi connectivity index (χ0n) is 10.3. The third-order valence-electron chi connectivity index (χ3n) is 2.91. The largest absolute Gasteiger partial charge is 0.336 e. The van der Waals surface area contributed by atoms with E-state index in [2.05, 4.69) is 22.5 Å². The van der Waals surface area contributed by atoms with Crippen molar-refractivity contribution in [1.82, 2.24) is 16.0 Å². The Kier molecular flexibility index (Phi) is 3.36. The fraction of sp³-hybridized carbons (Fsp3) is 0.231. The van der Waals surface area contributed by atoms with Crippen LogP contribution in [0.15, 0.2) is 30.8 Å². The van der Waals surface area contributed by atoms with Crippen LogP contribution in [0.1, 0.15) is 25.0 Å². The first-order valence-electron chi connectivity index (χ1n) is 5.58. The normalized spacial score (nSPS) is 17.4. The van der Waals surface area contributed by atoms with Crippen LogP contribution < -0.4 is 16.0 Å². The van der Waals surface area contributed by atoms with Gasteiger partial charge in [0.1, 0.15) is 5.66 Å². The van der Waals surface area contributed by atoms with Crippen LogP contribution in [-0.4, -0.2) is 10.2 Å². The smallest absolute Gasteiger partial charge is 0.174 e. The Morgan fingerprint density at radius 2 is 1.61 bits per heavy atom. The molecule has 3 N–H and O–H groups in total. The van der Waals surface area contributed by atoms with E-state index in [0.29, 0.717) is 10.2 Å². The zero-order chi connectivity index (χ0) is 13.3. The van der Waals surface area contributed by atoms with Crippen LogP contribution in [0.2, 0.25) is 0 Å². The summed E-state index contributed by atoms with van der Waals surface area (Å²) in [4.78, 5) is 0. The van der Waals surface area contributed by atoms with E-state index >= 15 is 0 Å². The molecule has 0 radical (unpaired) electrons. The summed E-state index contributed by atoms with van der Waals surface area (Å²) < 4.78 is 0. The molecule has 1 aromatic rings. The van der Waals surface area contributed by atoms with Crippen LogP contribution in [0.4, 0.5) is 0 Å². The van der Waals surface area contributed by atoms with Crippen molar-refractivity contribution >= 4 is 40.2 Å². The quantitative estimate of drug-likeness (QED) is 0.723. The highest BCUT2D eigenvalue weighted by atomic mass is 32.1. The molecule has 18 heavy (non-hydrogen) atoms. The molecular weight excluding hydrogens is 262 g/mol. The first kappa shape index (κ1) is 13.0. The summed E-state index contributed by atoms with van der Waals surface area (Å²) in [5, 5.41) is 10.3. The summed E-state index contributed by atoms with van der Waals surface area (Å²) in [7, 11) is 0. The molecule has 1 fully saturated rings. The van der Waals surface area contributed by atoms with Gasteiger partial charge in [0, 0.05) is 0 Å². The van der Waals surface area contributed by atoms with Gasteiger partial charge in [-0.1, -0.05) is 36.4 Å². The SMILES string of the molecule is C=C(C)c1ccc(C2(C)NC(=S)NC(=S)N2)cc1. The average Bonchev–Trinajstić information content (AvgIpc) is 2.27. The number of hydrogen-bond acceptors (Lipinski definition) is 2. The zero-order valence-corrected chi connectivity index (χ0v) is 12.0. The predicted molar refractivity (Wildman–Crippen MR) is 83.1 cm³/mol. The molecular formula is C13H15N3S2. The van der Waals surface area contributed by atoms with Crippen molar-refractivity contribution < 1.29 is 0 Å². The minimum Gasteiger partial charge on any atom is -0.336 e. The minimum absolute atomic E-state index is 0.479. The van der Waals surface area contributed by atoms with Gasteiger partial charge in [0.2, 0.25) is 0 Å². The molecule has 5 heteroatoms. The molecule has 1 aliphatic heterocycles. The Morgan fingerprint density at radius 3 is 2.06 bits per heavy atom. The third-order valence-corrected chi connectivity index (χ3v) is 3.32. The highest BCUT2D eigenvalue weighted by Crippen LogP contribution is 2.21. The Morgan fingerprint density at radius 1 is 1.11 bits per heavy atom. The molecule has 0 unspecified atom stereocenters. The van der Waals surface area contributed by atoms with Crippen molar-refractivity contribution in [2.24, 2.45) is 0 Å². The monoisotopic (exact) mass is 277 g/mol. The van der Waals surface area contributed by atoms with E-state index in [0.717, 1.165) is 16.7 Å². The Balaban J connectivity index is 2.32. The van der Waals surface area contributed by atoms with Crippen molar-refractivity contribution in [3.05, 3.63) is 42.0 Å². The summed E-state index contributed by atoms with van der Waals surface area (Å²) >= 11 is 10.3. The lowest BCUT2D eigenvalue weighted by molar-refractivity contribution is 0.388. The van der Waals surface area contributed by atoms with E-state index in [1.54, 1.807) is 0 Å². The van der Waals surface area contributed by atoms with Crippen LogP contribution in [0.25, 0.3) is 5.57 Å². The average molecular weight is 277 g/mol. The molecule has 0 atom stereocenters. The van der Waals surface area contributed by atoms with Gasteiger partial charge in [-0.3, -0.25) is 0 Å². The second-order valence-corrected chi connectivity index (χ2v) is 5.33. The van der Waals surface area contributed by atoms with Gasteiger partial charge in [0.15, 0.2) is 10.2 Å². The molecule has 2 rings (SSSR count). The maximum Gasteiger partial charge on any atom is 0.174 e. The lowest BCUT2D eigenvalue weighted by Crippen LogP contribution is -2.66. The Labute approximate surface area is 118 Å². The fourth-order valence-corrected chi connectivity index (χ4v) is 2.56. The van der Waals surface area contributed by atoms with Gasteiger partial charge in [-0.15, -0.1) is 0 Å². The Bertz CT molecular complexity index is 504. The molecule has 0 spiro atoms. The van der Waals surface area contributed by atoms with E-state index in [-0.39, 0.29) is 0 Å². The van der Waals surface area contributed by atoms with E-state index < -0.39 is 5.66 Å². The molecule has 94 valence electrons. The van der Waals surface area contributed by atoms with E-state index in [9.17, 15) is 0 Å². The van der Waals surface area contributed by atoms with Gasteiger partial charge >= 0.3 is 0 Å². The topological polar surface area (TPSA) is 36.1 Å². The van der Waals surface area contributed by atoms with Gasteiger partial charge < -0.3 is 16.0 Å². The molecule has 0 saturated carbocycles. The van der Waals surface area contributed by atoms with Crippen LogP contribution in [0, 0.1) is 0 Å². The second-order valence-electron chi connectivity index (χ2n) is 4.52. The highest BCUT2D eigenvalue weighted by Gasteiger charge is 2.31. The van der Waals surface area contributed by atoms with Crippen molar-refractivity contribution in [1.29, 1.82) is 0 Å². The van der Waals surface area contributed by atoms with Gasteiger partial charge in [0.05, 0.1) is 0 Å². The molecule has 0 aliphatic carbocycles. The minimum atomic E-state index is -0.479. The maximum atomic E-state index is 5.14. The third kappa shape index (κ3) is 2.52. The molecule has 0 bridgehead atoms. The number of hydrogen-bond donors (Lipinski definition) is 3. The van der Waals surface area contributed by atoms with Crippen molar-refractivity contribution in [2.45, 2.75) is 19.5 Å². The maximum absolute atomic E-state index is 5.14. The molecule has 0 aromatic heterocycles. The lowest BCUT2D eigenvalue weighted by atomic mass is 9.98. The van der Waals surface area contributed by atoms with E-state index in [4.69, 9.17) is 24.4 Å². The summed E-state index contributed by atoms with van der Waals surface area (Å²) in [5.41, 5.74) is 2.76. The Hall–Kier alpha value is -1.46. The first-order valence-corrected chi connectivity index (χ1v) is 6.40. The van der Waals surface area contributed by atoms with Crippen LogP contribution >= 0.6 is 24.4 Å². The number of thiocarbonyl (C=S) groups is 2. The van der Waals surface area contributed by atoms with E-state index in [1.165, 1.54) is 0 Å². The molecule has 1 heterocycles. The predicted octanol–water partition coefficient (Wildman–Crippen LogP) is 2.24. The lowest BCUT2D eigenvalue weighted by Gasteiger charge is -2.38. The second kappa shape index (κ2) is 4.66. The standard InChI is InChI=1S/C13H15N3S2/c1-8(2)9-4-6-10(7-5-9)13(3)15-11(17)14-12(18)16-13/h4-7H,1H2,2-3H3,(H3,14,15,16,17,18). The summed E-state index contributed by atoms with van der Waals surface area (Å²) in [6, 6.07) is 8.17. The van der Waals surface area contributed by atoms with Crippen LogP contribution in [0.5, 0.6) is 0 Å². The number of rotatable bonds is 2. The molecule has 3 nitrogen and oxygen atoms in total. The van der Waals surface area contributed by atoms with Gasteiger partial charge in [-0.2, -0.15) is 0 Å². The molecule has 1 aromatic carbocycles. The van der Waals surface area contributed by atoms with Gasteiger partial charge in [0.25, 0.3) is 0 Å². The molecule has 1 saturated heterocycles. The summed E-state index contributed by atoms with van der Waals surface area (Å²) in [6.07, 6.45) is 0. The first-order chi connectivity index (χ1) is 8.40. The van der Waals surface area contributed by atoms with Crippen molar-refractivity contribution in [3.63, 3.8) is 0 Å². The summed E-state index contributed by atoms with van der Waals surface area (Å²) in [6.45, 7) is 7.92. The van der Waals surface area contributed by atoms with Crippen molar-refractivity contribution in [2.75, 3.05) is 0 Å². The number of allylic oxidation sites excluding steroid dienone is 1. The number of nitrogens with one attached hydrogen (secondary N) is 3. The molecule has 0 amide bonds. The molecule has 1 aliphatic rings. The van der Waals surface area contributed by atoms with Gasteiger partial charge in [-0.05, 0) is 49.4 Å².